The first-order valence-corrected chi connectivity index (χ1v) is 7.64. The number of amides is 1. The van der Waals surface area contributed by atoms with Crippen molar-refractivity contribution in [3.05, 3.63) is 54.4 Å². The van der Waals surface area contributed by atoms with Crippen molar-refractivity contribution in [1.29, 1.82) is 0 Å². The third-order valence-corrected chi connectivity index (χ3v) is 3.84. The summed E-state index contributed by atoms with van der Waals surface area (Å²) in [4.78, 5) is 12.1. The molecule has 2 heterocycles. The van der Waals surface area contributed by atoms with E-state index in [1.165, 1.54) is 5.56 Å². The first kappa shape index (κ1) is 14.7. The van der Waals surface area contributed by atoms with E-state index in [9.17, 15) is 4.79 Å². The lowest BCUT2D eigenvalue weighted by Crippen LogP contribution is -2.43. The van der Waals surface area contributed by atoms with Crippen molar-refractivity contribution in [2.24, 2.45) is 0 Å². The van der Waals surface area contributed by atoms with Crippen LogP contribution >= 0.6 is 0 Å². The van der Waals surface area contributed by atoms with Crippen LogP contribution in [0.25, 0.3) is 0 Å². The number of nitrogens with zero attached hydrogens (tertiary/aromatic N) is 2. The predicted octanol–water partition coefficient (Wildman–Crippen LogP) is 0.997. The van der Waals surface area contributed by atoms with Crippen LogP contribution in [0, 0.1) is 0 Å². The fourth-order valence-electron chi connectivity index (χ4n) is 2.64. The molecule has 1 aromatic heterocycles. The Morgan fingerprint density at radius 3 is 2.91 bits per heavy atom. The Bertz CT molecular complexity index is 584. The topological polar surface area (TPSA) is 71.0 Å². The highest BCUT2D eigenvalue weighted by Crippen LogP contribution is 2.21. The molecule has 2 unspecified atom stereocenters. The lowest BCUT2D eigenvalue weighted by molar-refractivity contribution is -0.122. The maximum atomic E-state index is 12.1. The molecule has 6 heteroatoms. The highest BCUT2D eigenvalue weighted by atomic mass is 16.2. The van der Waals surface area contributed by atoms with Crippen LogP contribution in [-0.4, -0.2) is 28.3 Å². The minimum atomic E-state index is -0.185. The Kier molecular flexibility index (Phi) is 4.82. The van der Waals surface area contributed by atoms with Crippen LogP contribution in [0.5, 0.6) is 0 Å². The molecule has 1 saturated heterocycles. The normalized spacial score (nSPS) is 20.9. The SMILES string of the molecule is O=C(NCCCn1cccn1)C1CC(c2ccccc2)NN1. The highest BCUT2D eigenvalue weighted by Gasteiger charge is 2.29. The van der Waals surface area contributed by atoms with Gasteiger partial charge in [0.25, 0.3) is 0 Å². The molecule has 1 amide bonds. The van der Waals surface area contributed by atoms with Crippen LogP contribution < -0.4 is 16.2 Å². The first-order chi connectivity index (χ1) is 10.8. The Morgan fingerprint density at radius 2 is 2.14 bits per heavy atom. The van der Waals surface area contributed by atoms with Gasteiger partial charge in [0.05, 0.1) is 0 Å². The second kappa shape index (κ2) is 7.20. The number of hydrogen-bond donors (Lipinski definition) is 3. The molecule has 0 saturated carbocycles. The predicted molar refractivity (Wildman–Crippen MR) is 83.7 cm³/mol. The molecule has 6 nitrogen and oxygen atoms in total. The molecule has 0 bridgehead atoms. The molecule has 3 N–H and O–H groups in total. The summed E-state index contributed by atoms with van der Waals surface area (Å²) in [5.41, 5.74) is 7.47. The van der Waals surface area contributed by atoms with E-state index >= 15 is 0 Å². The number of carbonyl (C=O) groups excluding carboxylic acids is 1. The van der Waals surface area contributed by atoms with Crippen molar-refractivity contribution in [2.75, 3.05) is 6.54 Å². The smallest absolute Gasteiger partial charge is 0.238 e. The van der Waals surface area contributed by atoms with Crippen molar-refractivity contribution in [3.8, 4) is 0 Å². The number of carbonyl (C=O) groups is 1. The van der Waals surface area contributed by atoms with Gasteiger partial charge in [-0.3, -0.25) is 9.48 Å². The summed E-state index contributed by atoms with van der Waals surface area (Å²) >= 11 is 0. The molecule has 2 atom stereocenters. The lowest BCUT2D eigenvalue weighted by Gasteiger charge is -2.10. The van der Waals surface area contributed by atoms with Gasteiger partial charge in [0, 0.05) is 31.5 Å². The molecule has 116 valence electrons. The molecule has 0 spiro atoms. The Morgan fingerprint density at radius 1 is 1.27 bits per heavy atom. The number of nitrogens with one attached hydrogen (secondary N) is 3. The average molecular weight is 299 g/mol. The van der Waals surface area contributed by atoms with Crippen LogP contribution in [0.4, 0.5) is 0 Å². The second-order valence-corrected chi connectivity index (χ2v) is 5.45. The third-order valence-electron chi connectivity index (χ3n) is 3.84. The maximum Gasteiger partial charge on any atom is 0.238 e. The molecule has 2 aromatic rings. The van der Waals surface area contributed by atoms with Crippen LogP contribution in [0.15, 0.2) is 48.8 Å². The van der Waals surface area contributed by atoms with Crippen molar-refractivity contribution < 1.29 is 4.79 Å². The minimum Gasteiger partial charge on any atom is -0.355 e. The monoisotopic (exact) mass is 299 g/mol. The number of aryl methyl sites for hydroxylation is 1. The summed E-state index contributed by atoms with van der Waals surface area (Å²) in [6.07, 6.45) is 5.32. The van der Waals surface area contributed by atoms with Gasteiger partial charge < -0.3 is 5.32 Å². The minimum absolute atomic E-state index is 0.0476. The molecule has 1 aliphatic heterocycles. The quantitative estimate of drug-likeness (QED) is 0.696. The lowest BCUT2D eigenvalue weighted by atomic mass is 10.0. The van der Waals surface area contributed by atoms with Crippen LogP contribution in [0.1, 0.15) is 24.4 Å². The van der Waals surface area contributed by atoms with Gasteiger partial charge in [-0.1, -0.05) is 30.3 Å². The number of hydrazine groups is 1. The van der Waals surface area contributed by atoms with E-state index in [4.69, 9.17) is 0 Å². The summed E-state index contributed by atoms with van der Waals surface area (Å²) in [5, 5.41) is 7.11. The number of benzene rings is 1. The van der Waals surface area contributed by atoms with Gasteiger partial charge in [0.1, 0.15) is 6.04 Å². The van der Waals surface area contributed by atoms with Crippen molar-refractivity contribution in [1.82, 2.24) is 25.9 Å². The summed E-state index contributed by atoms with van der Waals surface area (Å²) in [5.74, 6) is 0.0476. The standard InChI is InChI=1S/C16H21N5O/c22-16(17-8-4-10-21-11-5-9-18-21)15-12-14(19-20-15)13-6-2-1-3-7-13/h1-3,5-7,9,11,14-15,19-20H,4,8,10,12H2,(H,17,22). The molecule has 22 heavy (non-hydrogen) atoms. The van der Waals surface area contributed by atoms with Gasteiger partial charge >= 0.3 is 0 Å². The fourth-order valence-corrected chi connectivity index (χ4v) is 2.64. The van der Waals surface area contributed by atoms with E-state index in [0.29, 0.717) is 6.54 Å². The van der Waals surface area contributed by atoms with Crippen molar-refractivity contribution in [2.45, 2.75) is 31.5 Å². The number of hydrogen-bond acceptors (Lipinski definition) is 4. The molecule has 1 fully saturated rings. The van der Waals surface area contributed by atoms with Crippen LogP contribution in [0.3, 0.4) is 0 Å². The maximum absolute atomic E-state index is 12.1. The van der Waals surface area contributed by atoms with Crippen molar-refractivity contribution in [3.63, 3.8) is 0 Å². The van der Waals surface area contributed by atoms with Crippen LogP contribution in [-0.2, 0) is 11.3 Å². The molecule has 1 aromatic carbocycles. The average Bonchev–Trinajstić information content (AvgIpc) is 3.24. The fraction of sp³-hybridized carbons (Fsp3) is 0.375. The zero-order valence-corrected chi connectivity index (χ0v) is 12.4. The number of rotatable bonds is 6. The van der Waals surface area contributed by atoms with E-state index in [2.05, 4.69) is 33.4 Å². The molecule has 3 rings (SSSR count). The van der Waals surface area contributed by atoms with E-state index < -0.39 is 0 Å². The summed E-state index contributed by atoms with van der Waals surface area (Å²) in [6.45, 7) is 1.48. The van der Waals surface area contributed by atoms with Crippen LogP contribution in [0.2, 0.25) is 0 Å². The largest absolute Gasteiger partial charge is 0.355 e. The van der Waals surface area contributed by atoms with Gasteiger partial charge in [-0.2, -0.15) is 5.10 Å². The Balaban J connectivity index is 1.40. The van der Waals surface area contributed by atoms with Gasteiger partial charge in [0.15, 0.2) is 0 Å². The summed E-state index contributed by atoms with van der Waals surface area (Å²) < 4.78 is 1.87. The van der Waals surface area contributed by atoms with Gasteiger partial charge in [-0.15, -0.1) is 0 Å². The van der Waals surface area contributed by atoms with Gasteiger partial charge in [0.2, 0.25) is 5.91 Å². The zero-order valence-electron chi connectivity index (χ0n) is 12.4. The Labute approximate surface area is 129 Å². The first-order valence-electron chi connectivity index (χ1n) is 7.64. The Hall–Kier alpha value is -2.18. The van der Waals surface area contributed by atoms with E-state index in [1.807, 2.05) is 35.1 Å². The highest BCUT2D eigenvalue weighted by molar-refractivity contribution is 5.82. The van der Waals surface area contributed by atoms with Gasteiger partial charge in [-0.05, 0) is 24.5 Å². The van der Waals surface area contributed by atoms with Gasteiger partial charge in [-0.25, -0.2) is 10.9 Å². The second-order valence-electron chi connectivity index (χ2n) is 5.45. The molecule has 0 aliphatic carbocycles. The molecular weight excluding hydrogens is 278 g/mol. The zero-order chi connectivity index (χ0) is 15.2. The van der Waals surface area contributed by atoms with E-state index in [0.717, 1.165) is 19.4 Å². The number of aromatic nitrogens is 2. The van der Waals surface area contributed by atoms with E-state index in [-0.39, 0.29) is 18.0 Å². The molecule has 1 aliphatic rings. The van der Waals surface area contributed by atoms with E-state index in [1.54, 1.807) is 6.20 Å². The van der Waals surface area contributed by atoms with Crippen molar-refractivity contribution >= 4 is 5.91 Å². The molecular formula is C16H21N5O. The molecule has 0 radical (unpaired) electrons. The summed E-state index contributed by atoms with van der Waals surface area (Å²) in [7, 11) is 0. The third kappa shape index (κ3) is 3.72. The summed E-state index contributed by atoms with van der Waals surface area (Å²) in [6, 6.07) is 12.1.